The molecule has 0 radical (unpaired) electrons. The monoisotopic (exact) mass is 343 g/mol. The number of hydrogen-bond acceptors (Lipinski definition) is 6. The minimum atomic E-state index is -0.245. The van der Waals surface area contributed by atoms with Crippen molar-refractivity contribution in [2.45, 2.75) is 13.3 Å². The van der Waals surface area contributed by atoms with E-state index in [9.17, 15) is 9.59 Å². The van der Waals surface area contributed by atoms with E-state index in [0.717, 1.165) is 0 Å². The Morgan fingerprint density at radius 1 is 1.12 bits per heavy atom. The smallest absolute Gasteiger partial charge is 0.318 e. The third-order valence-electron chi connectivity index (χ3n) is 4.10. The maximum Gasteiger partial charge on any atom is 0.318 e. The predicted molar refractivity (Wildman–Crippen MR) is 91.2 cm³/mol. The number of amides is 2. The fourth-order valence-electron chi connectivity index (χ4n) is 2.62. The summed E-state index contributed by atoms with van der Waals surface area (Å²) in [6.45, 7) is 4.33. The zero-order chi connectivity index (χ0) is 17.6. The highest BCUT2D eigenvalue weighted by Crippen LogP contribution is 2.15. The van der Waals surface area contributed by atoms with E-state index in [0.29, 0.717) is 50.1 Å². The molecule has 1 aliphatic heterocycles. The van der Waals surface area contributed by atoms with Gasteiger partial charge in [-0.2, -0.15) is 0 Å². The van der Waals surface area contributed by atoms with Crippen LogP contribution in [0.5, 0.6) is 0 Å². The quantitative estimate of drug-likeness (QED) is 0.860. The van der Waals surface area contributed by atoms with E-state index in [1.165, 1.54) is 0 Å². The van der Waals surface area contributed by atoms with Crippen molar-refractivity contribution >= 4 is 17.8 Å². The molecule has 2 aromatic rings. The van der Waals surface area contributed by atoms with Gasteiger partial charge in [-0.3, -0.25) is 9.59 Å². The molecule has 8 nitrogen and oxygen atoms in total. The number of carbonyl (C=O) groups excluding carboxylic acids is 2. The third kappa shape index (κ3) is 4.14. The largest absolute Gasteiger partial charge is 0.408 e. The van der Waals surface area contributed by atoms with E-state index in [1.54, 1.807) is 29.2 Å². The summed E-state index contributed by atoms with van der Waals surface area (Å²) < 4.78 is 5.54. The number of nitrogens with one attached hydrogen (secondary N) is 1. The lowest BCUT2D eigenvalue weighted by Gasteiger charge is -2.33. The van der Waals surface area contributed by atoms with Crippen molar-refractivity contribution in [1.29, 1.82) is 0 Å². The molecular weight excluding hydrogens is 322 g/mol. The topological polar surface area (TPSA) is 91.6 Å². The number of benzene rings is 1. The lowest BCUT2D eigenvalue weighted by atomic mass is 10.2. The van der Waals surface area contributed by atoms with Gasteiger partial charge in [0.05, 0.1) is 6.54 Å². The molecule has 1 aromatic carbocycles. The Bertz CT molecular complexity index is 723. The van der Waals surface area contributed by atoms with Crippen LogP contribution < -0.4 is 10.2 Å². The molecule has 0 unspecified atom stereocenters. The zero-order valence-corrected chi connectivity index (χ0v) is 14.1. The molecule has 2 amide bonds. The number of piperazine rings is 1. The Morgan fingerprint density at radius 3 is 2.48 bits per heavy atom. The second kappa shape index (κ2) is 7.78. The number of carbonyl (C=O) groups is 2. The van der Waals surface area contributed by atoms with Gasteiger partial charge >= 0.3 is 6.01 Å². The van der Waals surface area contributed by atoms with Crippen LogP contribution in [0.4, 0.5) is 6.01 Å². The molecule has 1 saturated heterocycles. The molecule has 1 aromatic heterocycles. The van der Waals surface area contributed by atoms with Crippen LogP contribution in [0.1, 0.15) is 23.2 Å². The minimum Gasteiger partial charge on any atom is -0.408 e. The Morgan fingerprint density at radius 2 is 1.84 bits per heavy atom. The molecule has 0 bridgehead atoms. The summed E-state index contributed by atoms with van der Waals surface area (Å²) >= 11 is 0. The minimum absolute atomic E-state index is 0.00569. The van der Waals surface area contributed by atoms with Crippen molar-refractivity contribution in [1.82, 2.24) is 20.4 Å². The summed E-state index contributed by atoms with van der Waals surface area (Å²) in [7, 11) is 0. The number of aryl methyl sites for hydroxylation is 1. The molecule has 3 rings (SSSR count). The van der Waals surface area contributed by atoms with Gasteiger partial charge in [0.2, 0.25) is 11.8 Å². The predicted octanol–water partition coefficient (Wildman–Crippen LogP) is 0.711. The van der Waals surface area contributed by atoms with Crippen molar-refractivity contribution < 1.29 is 14.0 Å². The zero-order valence-electron chi connectivity index (χ0n) is 14.1. The van der Waals surface area contributed by atoms with Gasteiger partial charge in [-0.05, 0) is 12.1 Å². The van der Waals surface area contributed by atoms with E-state index >= 15 is 0 Å². The standard InChI is InChI=1S/C17H21N5O3/c1-2-14-19-20-17(25-14)22-10-8-21(9-11-22)15(23)12-18-16(24)13-6-4-3-5-7-13/h3-7H,2,8-12H2,1H3,(H,18,24). The maximum atomic E-state index is 12.3. The molecule has 0 atom stereocenters. The van der Waals surface area contributed by atoms with Crippen molar-refractivity contribution in [2.24, 2.45) is 0 Å². The Hall–Kier alpha value is -2.90. The molecule has 0 saturated carbocycles. The number of rotatable bonds is 5. The van der Waals surface area contributed by atoms with E-state index in [4.69, 9.17) is 4.42 Å². The molecule has 8 heteroatoms. The van der Waals surface area contributed by atoms with Gasteiger partial charge in [0.15, 0.2) is 0 Å². The van der Waals surface area contributed by atoms with Crippen LogP contribution in [0.2, 0.25) is 0 Å². The van der Waals surface area contributed by atoms with Gasteiger partial charge in [0.25, 0.3) is 5.91 Å². The average Bonchev–Trinajstić information content (AvgIpc) is 3.16. The lowest BCUT2D eigenvalue weighted by molar-refractivity contribution is -0.130. The van der Waals surface area contributed by atoms with E-state index < -0.39 is 0 Å². The maximum absolute atomic E-state index is 12.3. The van der Waals surface area contributed by atoms with Crippen LogP contribution in [-0.2, 0) is 11.2 Å². The number of hydrogen-bond donors (Lipinski definition) is 1. The van der Waals surface area contributed by atoms with E-state index in [-0.39, 0.29) is 18.4 Å². The van der Waals surface area contributed by atoms with E-state index in [2.05, 4.69) is 15.5 Å². The van der Waals surface area contributed by atoms with Crippen LogP contribution in [0.3, 0.4) is 0 Å². The summed E-state index contributed by atoms with van der Waals surface area (Å²) in [5, 5.41) is 10.6. The molecule has 25 heavy (non-hydrogen) atoms. The summed E-state index contributed by atoms with van der Waals surface area (Å²) in [5.41, 5.74) is 0.545. The van der Waals surface area contributed by atoms with Gasteiger partial charge in [-0.1, -0.05) is 30.2 Å². The first-order chi connectivity index (χ1) is 12.2. The fourth-order valence-corrected chi connectivity index (χ4v) is 2.62. The molecule has 132 valence electrons. The highest BCUT2D eigenvalue weighted by Gasteiger charge is 2.24. The molecular formula is C17H21N5O3. The van der Waals surface area contributed by atoms with Gasteiger partial charge < -0.3 is 19.5 Å². The Kier molecular flexibility index (Phi) is 5.27. The van der Waals surface area contributed by atoms with Crippen molar-refractivity contribution in [2.75, 3.05) is 37.6 Å². The Labute approximate surface area is 145 Å². The highest BCUT2D eigenvalue weighted by atomic mass is 16.4. The van der Waals surface area contributed by atoms with Gasteiger partial charge in [0.1, 0.15) is 0 Å². The molecule has 2 heterocycles. The first kappa shape index (κ1) is 16.9. The van der Waals surface area contributed by atoms with Crippen LogP contribution in [0.25, 0.3) is 0 Å². The van der Waals surface area contributed by atoms with Crippen molar-refractivity contribution in [3.8, 4) is 0 Å². The third-order valence-corrected chi connectivity index (χ3v) is 4.10. The van der Waals surface area contributed by atoms with Crippen LogP contribution in [-0.4, -0.2) is 59.6 Å². The number of nitrogens with zero attached hydrogens (tertiary/aromatic N) is 4. The van der Waals surface area contributed by atoms with E-state index in [1.807, 2.05) is 17.9 Å². The highest BCUT2D eigenvalue weighted by molar-refractivity contribution is 5.96. The summed E-state index contributed by atoms with van der Waals surface area (Å²) in [6, 6.07) is 9.35. The van der Waals surface area contributed by atoms with Crippen molar-refractivity contribution in [3.05, 3.63) is 41.8 Å². The lowest BCUT2D eigenvalue weighted by Crippen LogP contribution is -2.51. The summed E-state index contributed by atoms with van der Waals surface area (Å²) in [5.74, 6) is 0.270. The normalized spacial score (nSPS) is 14.4. The van der Waals surface area contributed by atoms with Gasteiger partial charge in [-0.25, -0.2) is 0 Å². The number of aromatic nitrogens is 2. The van der Waals surface area contributed by atoms with Gasteiger partial charge in [-0.15, -0.1) is 5.10 Å². The fraction of sp³-hybridized carbons (Fsp3) is 0.412. The summed E-state index contributed by atoms with van der Waals surface area (Å²) in [4.78, 5) is 28.0. The van der Waals surface area contributed by atoms with Crippen LogP contribution in [0, 0.1) is 0 Å². The molecule has 1 aliphatic rings. The first-order valence-electron chi connectivity index (χ1n) is 8.35. The Balaban J connectivity index is 1.46. The SMILES string of the molecule is CCc1nnc(N2CCN(C(=O)CNC(=O)c3ccccc3)CC2)o1. The molecule has 0 spiro atoms. The molecule has 0 aliphatic carbocycles. The van der Waals surface area contributed by atoms with Crippen LogP contribution >= 0.6 is 0 Å². The van der Waals surface area contributed by atoms with Crippen molar-refractivity contribution in [3.63, 3.8) is 0 Å². The number of anilines is 1. The average molecular weight is 343 g/mol. The molecule has 1 fully saturated rings. The second-order valence-corrected chi connectivity index (χ2v) is 5.75. The summed E-state index contributed by atoms with van der Waals surface area (Å²) in [6.07, 6.45) is 0.701. The first-order valence-corrected chi connectivity index (χ1v) is 8.35. The second-order valence-electron chi connectivity index (χ2n) is 5.75. The van der Waals surface area contributed by atoms with Gasteiger partial charge in [0, 0.05) is 38.2 Å². The van der Waals surface area contributed by atoms with Crippen LogP contribution in [0.15, 0.2) is 34.7 Å². The molecule has 1 N–H and O–H groups in total.